The minimum atomic E-state index is -0.0648. The smallest absolute Gasteiger partial charge is 0.249 e. The summed E-state index contributed by atoms with van der Waals surface area (Å²) in [4.78, 5) is 9.66. The van der Waals surface area contributed by atoms with Gasteiger partial charge in [0.2, 0.25) is 16.3 Å². The Morgan fingerprint density at radius 1 is 2.00 bits per heavy atom. The predicted molar refractivity (Wildman–Crippen MR) is 21.0 cm³/mol. The second kappa shape index (κ2) is 2.20. The third-order valence-electron chi connectivity index (χ3n) is 0.201. The first-order valence-corrected chi connectivity index (χ1v) is 1.77. The maximum absolute atomic E-state index is 9.66. The van der Waals surface area contributed by atoms with Crippen LogP contribution >= 0.6 is 0 Å². The Labute approximate surface area is 39.1 Å². The summed E-state index contributed by atoms with van der Waals surface area (Å²) in [7, 11) is 0. The van der Waals surface area contributed by atoms with Gasteiger partial charge in [0.1, 0.15) is 0 Å². The molecule has 5 heavy (non-hydrogen) atoms. The molecule has 0 aromatic heterocycles. The van der Waals surface area contributed by atoms with E-state index in [0.717, 1.165) is 0 Å². The summed E-state index contributed by atoms with van der Waals surface area (Å²) in [5.74, 6) is 0. The topological polar surface area (TPSA) is 17.1 Å². The highest BCUT2D eigenvalue weighted by atomic mass is 27.0. The molecule has 0 aliphatic carbocycles. The van der Waals surface area contributed by atoms with E-state index in [1.54, 1.807) is 0 Å². The minimum absolute atomic E-state index is 0.0648. The number of hydrogen-bond acceptors (Lipinski definition) is 1. The van der Waals surface area contributed by atoms with Crippen LogP contribution in [-0.4, -0.2) is 20.9 Å². The lowest BCUT2D eigenvalue weighted by atomic mass is 10.7. The fourth-order valence-corrected chi connectivity index (χ4v) is 0. The molecule has 0 fully saturated rings. The summed E-state index contributed by atoms with van der Waals surface area (Å²) in [6, 6.07) is 0. The molecule has 24 valence electrons. The van der Waals surface area contributed by atoms with E-state index in [0.29, 0.717) is 0 Å². The maximum Gasteiger partial charge on any atom is 0.249 e. The number of rotatable bonds is 1. The van der Waals surface area contributed by atoms with Gasteiger partial charge in [-0.1, -0.05) is 6.58 Å². The molecule has 0 N–H and O–H groups in total. The van der Waals surface area contributed by atoms with E-state index in [9.17, 15) is 4.79 Å². The van der Waals surface area contributed by atoms with Crippen molar-refractivity contribution in [3.8, 4) is 0 Å². The minimum Gasteiger partial charge on any atom is -0.319 e. The quantitative estimate of drug-likeness (QED) is 0.318. The second-order valence-corrected chi connectivity index (χ2v) is 1.18. The largest absolute Gasteiger partial charge is 0.319 e. The zero-order valence-corrected chi connectivity index (χ0v) is 3.92. The van der Waals surface area contributed by atoms with Crippen molar-refractivity contribution >= 4 is 20.9 Å². The van der Waals surface area contributed by atoms with Gasteiger partial charge >= 0.3 is 0 Å². The van der Waals surface area contributed by atoms with E-state index in [-0.39, 0.29) is 4.65 Å². The van der Waals surface area contributed by atoms with E-state index in [4.69, 9.17) is 0 Å². The van der Waals surface area contributed by atoms with Gasteiger partial charge in [0.15, 0.2) is 0 Å². The first-order chi connectivity index (χ1) is 2.27. The first kappa shape index (κ1) is 4.94. The fourth-order valence-electron chi connectivity index (χ4n) is 0. The van der Waals surface area contributed by atoms with Crippen molar-refractivity contribution in [2.75, 3.05) is 0 Å². The Morgan fingerprint density at radius 3 is 2.20 bits per heavy atom. The first-order valence-electron chi connectivity index (χ1n) is 1.19. The third kappa shape index (κ3) is 3.94. The Bertz CT molecular complexity index is 57.9. The molecule has 2 radical (unpaired) electrons. The van der Waals surface area contributed by atoms with Gasteiger partial charge in [0.25, 0.3) is 0 Å². The van der Waals surface area contributed by atoms with Crippen molar-refractivity contribution in [1.82, 2.24) is 0 Å². The van der Waals surface area contributed by atoms with Crippen LogP contribution in [0.15, 0.2) is 12.7 Å². The summed E-state index contributed by atoms with van der Waals surface area (Å²) in [5.41, 5.74) is 0. The van der Waals surface area contributed by atoms with Crippen LogP contribution in [0.1, 0.15) is 0 Å². The van der Waals surface area contributed by atoms with Crippen LogP contribution < -0.4 is 0 Å². The molecule has 0 aromatic rings. The van der Waals surface area contributed by atoms with Gasteiger partial charge in [0, 0.05) is 4.65 Å². The fraction of sp³-hybridized carbons (Fsp3) is 0. The molecule has 0 saturated heterocycles. The Morgan fingerprint density at radius 2 is 2.20 bits per heavy atom. The highest BCUT2D eigenvalue weighted by Crippen LogP contribution is 1.53. The van der Waals surface area contributed by atoms with Gasteiger partial charge in [-0.15, -0.1) is 0 Å². The molecule has 0 atom stereocenters. The molecule has 0 saturated carbocycles. The average Bonchev–Trinajstić information content (AvgIpc) is 1.38. The van der Waals surface area contributed by atoms with Crippen LogP contribution in [-0.2, 0) is 4.79 Å². The summed E-state index contributed by atoms with van der Waals surface area (Å²) < 4.78 is -0.0648. The van der Waals surface area contributed by atoms with Crippen molar-refractivity contribution in [3.63, 3.8) is 0 Å². The van der Waals surface area contributed by atoms with Crippen LogP contribution in [0.5, 0.6) is 0 Å². The van der Waals surface area contributed by atoms with Crippen LogP contribution in [0.25, 0.3) is 0 Å². The van der Waals surface area contributed by atoms with Crippen LogP contribution in [0, 0.1) is 0 Å². The van der Waals surface area contributed by atoms with Gasteiger partial charge in [-0.2, -0.15) is 0 Å². The van der Waals surface area contributed by atoms with E-state index in [1.807, 2.05) is 16.3 Å². The van der Waals surface area contributed by atoms with Gasteiger partial charge in [0.05, 0.1) is 0 Å². The van der Waals surface area contributed by atoms with Crippen LogP contribution in [0.3, 0.4) is 0 Å². The van der Waals surface area contributed by atoms with Crippen molar-refractivity contribution < 1.29 is 4.79 Å². The maximum atomic E-state index is 9.66. The van der Waals surface area contributed by atoms with Gasteiger partial charge in [-0.25, -0.2) is 0 Å². The molecule has 0 unspecified atom stereocenters. The average molecular weight is 82.0 g/mol. The van der Waals surface area contributed by atoms with Gasteiger partial charge in [-0.05, 0) is 6.08 Å². The van der Waals surface area contributed by atoms with Gasteiger partial charge in [-0.3, -0.25) is 0 Å². The normalized spacial score (nSPS) is 6.40. The molecule has 0 heterocycles. The molecule has 1 nitrogen and oxygen atoms in total. The lowest BCUT2D eigenvalue weighted by molar-refractivity contribution is -0.107. The van der Waals surface area contributed by atoms with Crippen molar-refractivity contribution in [2.24, 2.45) is 0 Å². The molecule has 0 amide bonds. The molecule has 0 spiro atoms. The molecule has 0 aliphatic heterocycles. The molecule has 0 bridgehead atoms. The summed E-state index contributed by atoms with van der Waals surface area (Å²) >= 11 is 1.98. The van der Waals surface area contributed by atoms with Crippen LogP contribution in [0.4, 0.5) is 0 Å². The van der Waals surface area contributed by atoms with Crippen molar-refractivity contribution in [2.45, 2.75) is 0 Å². The molecule has 0 rings (SSSR count). The lowest BCUT2D eigenvalue weighted by Gasteiger charge is -1.64. The summed E-state index contributed by atoms with van der Waals surface area (Å²) in [6.07, 6.45) is 1.24. The zero-order chi connectivity index (χ0) is 4.28. The Kier molecular flexibility index (Phi) is 2.17. The number of carbonyl (C=O) groups excluding carboxylic acids is 1. The highest BCUT2D eigenvalue weighted by Gasteiger charge is 1.68. The SMILES string of the molecule is C=C[C](=O)[Al]. The number of allylic oxidation sites excluding steroid dienone is 1. The Hall–Kier alpha value is -0.0575. The summed E-state index contributed by atoms with van der Waals surface area (Å²) in [6.45, 7) is 3.19. The molecular formula is C3H3AlO. The zero-order valence-electron chi connectivity index (χ0n) is 2.77. The lowest BCUT2D eigenvalue weighted by Crippen LogP contribution is -1.84. The second-order valence-electron chi connectivity index (χ2n) is 0.606. The molecular weight excluding hydrogens is 79.0 g/mol. The highest BCUT2D eigenvalue weighted by molar-refractivity contribution is 6.60. The van der Waals surface area contributed by atoms with E-state index >= 15 is 0 Å². The van der Waals surface area contributed by atoms with E-state index in [2.05, 4.69) is 6.58 Å². The van der Waals surface area contributed by atoms with E-state index in [1.165, 1.54) is 6.08 Å². The summed E-state index contributed by atoms with van der Waals surface area (Å²) in [5, 5.41) is 0. The third-order valence-corrected chi connectivity index (χ3v) is 0.437. The standard InChI is InChI=1S/C3H3O.Al/c1-2-3-4;/h2H,1H2;. The van der Waals surface area contributed by atoms with Crippen LogP contribution in [0.2, 0.25) is 0 Å². The van der Waals surface area contributed by atoms with Gasteiger partial charge < -0.3 is 4.79 Å². The van der Waals surface area contributed by atoms with Crippen molar-refractivity contribution in [1.29, 1.82) is 0 Å². The molecule has 2 heteroatoms. The van der Waals surface area contributed by atoms with Crippen molar-refractivity contribution in [3.05, 3.63) is 12.7 Å². The molecule has 0 aromatic carbocycles. The predicted octanol–water partition coefficient (Wildman–Crippen LogP) is -0.133. The van der Waals surface area contributed by atoms with E-state index < -0.39 is 0 Å². The number of carbonyl (C=O) groups is 1. The molecule has 0 aliphatic rings. The number of hydrogen-bond donors (Lipinski definition) is 0. The monoisotopic (exact) mass is 82.0 g/mol. The Balaban J connectivity index is 3.20.